The monoisotopic (exact) mass is 300 g/mol. The molecule has 4 nitrogen and oxygen atoms in total. The third kappa shape index (κ3) is 4.21. The molecule has 0 atom stereocenters. The van der Waals surface area contributed by atoms with Crippen LogP contribution in [0.3, 0.4) is 0 Å². The summed E-state index contributed by atoms with van der Waals surface area (Å²) in [6.45, 7) is 0.317. The van der Waals surface area contributed by atoms with E-state index in [1.807, 2.05) is 0 Å². The van der Waals surface area contributed by atoms with Gasteiger partial charge in [0.15, 0.2) is 0 Å². The number of nitrogens with one attached hydrogen (secondary N) is 1. The number of furan rings is 1. The smallest absolute Gasteiger partial charge is 0.284 e. The van der Waals surface area contributed by atoms with Crippen molar-refractivity contribution in [3.63, 3.8) is 0 Å². The van der Waals surface area contributed by atoms with E-state index in [-0.39, 0.29) is 12.4 Å². The Kier molecular flexibility index (Phi) is 5.37. The number of aliphatic hydroxyl groups is 1. The van der Waals surface area contributed by atoms with E-state index >= 15 is 0 Å². The number of thioether (sulfide) groups is 1. The van der Waals surface area contributed by atoms with Gasteiger partial charge < -0.3 is 14.8 Å². The highest BCUT2D eigenvalue weighted by atomic mass is 32.2. The molecule has 0 aliphatic carbocycles. The van der Waals surface area contributed by atoms with E-state index in [1.165, 1.54) is 0 Å². The molecule has 0 saturated heterocycles. The Morgan fingerprint density at radius 1 is 1.30 bits per heavy atom. The van der Waals surface area contributed by atoms with Crippen LogP contribution in [0.1, 0.15) is 17.1 Å². The van der Waals surface area contributed by atoms with E-state index < -0.39 is 5.76 Å². The predicted molar refractivity (Wildman–Crippen MR) is 73.5 cm³/mol. The zero-order valence-corrected chi connectivity index (χ0v) is 11.4. The lowest BCUT2D eigenvalue weighted by Gasteiger charge is -2.08. The third-order valence-electron chi connectivity index (χ3n) is 2.60. The summed E-state index contributed by atoms with van der Waals surface area (Å²) in [5, 5.41) is 12.3. The Morgan fingerprint density at radius 3 is 2.85 bits per heavy atom. The molecule has 0 saturated carbocycles. The number of hydrogen-bond donors (Lipinski definition) is 2. The van der Waals surface area contributed by atoms with Crippen molar-refractivity contribution in [3.05, 3.63) is 47.7 Å². The summed E-state index contributed by atoms with van der Waals surface area (Å²) in [5.41, 5.74) is 1.45. The number of aliphatic hydroxyl groups excluding tert-OH is 1. The minimum Gasteiger partial charge on any atom is -0.463 e. The number of rotatable bonds is 7. The minimum atomic E-state index is -2.40. The fourth-order valence-corrected chi connectivity index (χ4v) is 2.09. The maximum atomic E-state index is 12.1. The van der Waals surface area contributed by atoms with Gasteiger partial charge in [-0.05, 0) is 18.2 Å². The average Bonchev–Trinajstić information content (AvgIpc) is 2.91. The van der Waals surface area contributed by atoms with Gasteiger partial charge in [0.25, 0.3) is 5.76 Å². The van der Waals surface area contributed by atoms with E-state index in [4.69, 9.17) is 4.42 Å². The van der Waals surface area contributed by atoms with Gasteiger partial charge in [-0.15, -0.1) is 0 Å². The number of alkyl halides is 2. The van der Waals surface area contributed by atoms with Crippen molar-refractivity contribution < 1.29 is 18.3 Å². The quantitative estimate of drug-likeness (QED) is 0.822. The SMILES string of the molecule is OCc1ccncc1NCc1ccc(CSC(F)F)o1. The first-order chi connectivity index (χ1) is 9.69. The van der Waals surface area contributed by atoms with Crippen LogP contribution in [0.15, 0.2) is 35.0 Å². The van der Waals surface area contributed by atoms with Crippen molar-refractivity contribution in [1.29, 1.82) is 0 Å². The molecule has 2 aromatic heterocycles. The maximum Gasteiger partial charge on any atom is 0.284 e. The van der Waals surface area contributed by atoms with E-state index in [2.05, 4.69) is 10.3 Å². The number of pyridine rings is 1. The molecule has 0 amide bonds. The normalized spacial score (nSPS) is 11.0. The van der Waals surface area contributed by atoms with Crippen LogP contribution >= 0.6 is 11.8 Å². The molecule has 0 fully saturated rings. The first-order valence-corrected chi connectivity index (χ1v) is 6.99. The lowest BCUT2D eigenvalue weighted by atomic mass is 10.2. The molecule has 0 aromatic carbocycles. The van der Waals surface area contributed by atoms with Gasteiger partial charge in [0.1, 0.15) is 11.5 Å². The van der Waals surface area contributed by atoms with Gasteiger partial charge in [-0.1, -0.05) is 11.8 Å². The molecular weight excluding hydrogens is 286 g/mol. The Balaban J connectivity index is 1.91. The van der Waals surface area contributed by atoms with Crippen molar-refractivity contribution in [3.8, 4) is 0 Å². The topological polar surface area (TPSA) is 58.3 Å². The second kappa shape index (κ2) is 7.25. The Morgan fingerprint density at radius 2 is 2.10 bits per heavy atom. The zero-order chi connectivity index (χ0) is 14.4. The Hall–Kier alpha value is -1.60. The van der Waals surface area contributed by atoms with Crippen LogP contribution in [0.5, 0.6) is 0 Å². The summed E-state index contributed by atoms with van der Waals surface area (Å²) in [6, 6.07) is 5.14. The average molecular weight is 300 g/mol. The van der Waals surface area contributed by atoms with Gasteiger partial charge in [-0.3, -0.25) is 4.98 Å². The van der Waals surface area contributed by atoms with Gasteiger partial charge in [0.05, 0.1) is 30.8 Å². The van der Waals surface area contributed by atoms with Crippen LogP contribution in [0.2, 0.25) is 0 Å². The lowest BCUT2D eigenvalue weighted by Crippen LogP contribution is -2.02. The minimum absolute atomic E-state index is 0.0840. The molecule has 0 aliphatic rings. The van der Waals surface area contributed by atoms with Crippen LogP contribution in [-0.4, -0.2) is 15.8 Å². The number of hydrogen-bond acceptors (Lipinski definition) is 5. The lowest BCUT2D eigenvalue weighted by molar-refractivity contribution is 0.251. The van der Waals surface area contributed by atoms with Crippen LogP contribution in [0.25, 0.3) is 0 Å². The maximum absolute atomic E-state index is 12.1. The van der Waals surface area contributed by atoms with Gasteiger partial charge >= 0.3 is 0 Å². The first-order valence-electron chi connectivity index (χ1n) is 5.94. The number of aromatic nitrogens is 1. The van der Waals surface area contributed by atoms with Crippen LogP contribution in [0, 0.1) is 0 Å². The van der Waals surface area contributed by atoms with E-state index in [1.54, 1.807) is 30.6 Å². The Bertz CT molecular complexity index is 549. The summed E-state index contributed by atoms with van der Waals surface area (Å²) < 4.78 is 29.5. The fraction of sp³-hybridized carbons (Fsp3) is 0.308. The second-order valence-corrected chi connectivity index (χ2v) is 4.96. The molecule has 0 bridgehead atoms. The molecular formula is C13H14F2N2O2S. The van der Waals surface area contributed by atoms with Crippen molar-refractivity contribution >= 4 is 17.4 Å². The highest BCUT2D eigenvalue weighted by Crippen LogP contribution is 2.22. The first kappa shape index (κ1) is 14.8. The zero-order valence-electron chi connectivity index (χ0n) is 10.6. The second-order valence-electron chi connectivity index (χ2n) is 3.98. The van der Waals surface area contributed by atoms with E-state index in [0.29, 0.717) is 29.8 Å². The van der Waals surface area contributed by atoms with Crippen molar-refractivity contribution in [2.24, 2.45) is 0 Å². The summed E-state index contributed by atoms with van der Waals surface area (Å²) in [4.78, 5) is 3.97. The van der Waals surface area contributed by atoms with Crippen LogP contribution < -0.4 is 5.32 Å². The summed E-state index contributed by atoms with van der Waals surface area (Å²) >= 11 is 0.528. The standard InChI is InChI=1S/C13H14F2N2O2S/c14-13(15)20-8-11-2-1-10(19-11)5-17-12-6-16-4-3-9(12)7-18/h1-4,6,13,17-18H,5,7-8H2. The molecule has 20 heavy (non-hydrogen) atoms. The van der Waals surface area contributed by atoms with E-state index in [0.717, 1.165) is 11.3 Å². The molecule has 0 unspecified atom stereocenters. The van der Waals surface area contributed by atoms with Gasteiger partial charge in [0, 0.05) is 11.8 Å². The fourth-order valence-electron chi connectivity index (χ4n) is 1.64. The molecule has 0 spiro atoms. The largest absolute Gasteiger partial charge is 0.463 e. The molecule has 2 N–H and O–H groups in total. The molecule has 0 aliphatic heterocycles. The molecule has 2 rings (SSSR count). The van der Waals surface area contributed by atoms with E-state index in [9.17, 15) is 13.9 Å². The highest BCUT2D eigenvalue weighted by Gasteiger charge is 2.08. The molecule has 0 radical (unpaired) electrons. The third-order valence-corrected chi connectivity index (χ3v) is 3.31. The molecule has 108 valence electrons. The predicted octanol–water partition coefficient (Wildman–Crippen LogP) is 3.23. The number of nitrogens with zero attached hydrogens (tertiary/aromatic N) is 1. The summed E-state index contributed by atoms with van der Waals surface area (Å²) in [5.74, 6) is -1.10. The van der Waals surface area contributed by atoms with Gasteiger partial charge in [-0.2, -0.15) is 8.78 Å². The van der Waals surface area contributed by atoms with Crippen LogP contribution in [0.4, 0.5) is 14.5 Å². The molecule has 2 heterocycles. The van der Waals surface area contributed by atoms with Crippen molar-refractivity contribution in [2.75, 3.05) is 5.32 Å². The van der Waals surface area contributed by atoms with Crippen molar-refractivity contribution in [1.82, 2.24) is 4.98 Å². The summed E-state index contributed by atoms with van der Waals surface area (Å²) in [6.07, 6.45) is 3.21. The summed E-state index contributed by atoms with van der Waals surface area (Å²) in [7, 11) is 0. The highest BCUT2D eigenvalue weighted by molar-refractivity contribution is 7.98. The Labute approximate surface area is 119 Å². The molecule has 7 heteroatoms. The van der Waals surface area contributed by atoms with Gasteiger partial charge in [0.2, 0.25) is 0 Å². The van der Waals surface area contributed by atoms with Crippen molar-refractivity contribution in [2.45, 2.75) is 24.7 Å². The van der Waals surface area contributed by atoms with Gasteiger partial charge in [-0.25, -0.2) is 0 Å². The number of anilines is 1. The number of halogens is 2. The molecule has 2 aromatic rings. The van der Waals surface area contributed by atoms with Crippen LogP contribution in [-0.2, 0) is 18.9 Å².